The average molecular weight is 381 g/mol. The topological polar surface area (TPSA) is 73.6 Å². The highest BCUT2D eigenvalue weighted by Crippen LogP contribution is 2.36. The second-order valence-electron chi connectivity index (χ2n) is 6.11. The van der Waals surface area contributed by atoms with Crippen molar-refractivity contribution in [3.63, 3.8) is 0 Å². The van der Waals surface area contributed by atoms with Gasteiger partial charge in [0.05, 0.1) is 18.2 Å². The Hall–Kier alpha value is -2.31. The van der Waals surface area contributed by atoms with E-state index in [1.54, 1.807) is 30.3 Å². The van der Waals surface area contributed by atoms with Gasteiger partial charge in [-0.2, -0.15) is 0 Å². The first-order valence-corrected chi connectivity index (χ1v) is 8.14. The molecule has 1 amide bonds. The summed E-state index contributed by atoms with van der Waals surface area (Å²) in [7, 11) is 1.54. The fourth-order valence-corrected chi connectivity index (χ4v) is 3.20. The van der Waals surface area contributed by atoms with Gasteiger partial charge in [-0.1, -0.05) is 12.1 Å². The van der Waals surface area contributed by atoms with Crippen LogP contribution in [-0.2, 0) is 14.9 Å². The van der Waals surface area contributed by atoms with Gasteiger partial charge in [-0.25, -0.2) is 4.39 Å². The fraction of sp³-hybridized carbons (Fsp3) is 0.316. The molecule has 1 heterocycles. The number of amides is 1. The van der Waals surface area contributed by atoms with Gasteiger partial charge in [-0.15, -0.1) is 12.4 Å². The van der Waals surface area contributed by atoms with Crippen molar-refractivity contribution in [3.8, 4) is 5.75 Å². The Kier molecular flexibility index (Phi) is 6.45. The number of carbonyl (C=O) groups excluding carboxylic acids is 1. The first kappa shape index (κ1) is 20.0. The third-order valence-electron chi connectivity index (χ3n) is 4.67. The zero-order valence-corrected chi connectivity index (χ0v) is 15.3. The molecule has 7 heteroatoms. The Morgan fingerprint density at radius 3 is 2.42 bits per heavy atom. The number of carbonyl (C=O) groups is 1. The molecule has 1 aliphatic heterocycles. The monoisotopic (exact) mass is 380 g/mol. The van der Waals surface area contributed by atoms with Crippen LogP contribution in [0.4, 0.5) is 15.8 Å². The Bertz CT molecular complexity index is 762. The van der Waals surface area contributed by atoms with E-state index in [4.69, 9.17) is 15.2 Å². The van der Waals surface area contributed by atoms with Gasteiger partial charge in [-0.05, 0) is 48.7 Å². The van der Waals surface area contributed by atoms with Crippen LogP contribution in [0.3, 0.4) is 0 Å². The quantitative estimate of drug-likeness (QED) is 0.796. The molecule has 1 aliphatic rings. The molecule has 0 bridgehead atoms. The molecule has 0 radical (unpaired) electrons. The Morgan fingerprint density at radius 1 is 1.19 bits per heavy atom. The van der Waals surface area contributed by atoms with Crippen LogP contribution in [0, 0.1) is 5.82 Å². The van der Waals surface area contributed by atoms with Gasteiger partial charge in [0.1, 0.15) is 11.6 Å². The number of halogens is 2. The summed E-state index contributed by atoms with van der Waals surface area (Å²) in [5.74, 6) is 0.0820. The van der Waals surface area contributed by atoms with Gasteiger partial charge in [0, 0.05) is 18.9 Å². The van der Waals surface area contributed by atoms with E-state index >= 15 is 0 Å². The summed E-state index contributed by atoms with van der Waals surface area (Å²) in [6.45, 7) is 0.963. The number of nitrogens with one attached hydrogen (secondary N) is 1. The third-order valence-corrected chi connectivity index (χ3v) is 4.67. The zero-order valence-electron chi connectivity index (χ0n) is 14.5. The van der Waals surface area contributed by atoms with Crippen molar-refractivity contribution in [2.45, 2.75) is 18.3 Å². The average Bonchev–Trinajstić information content (AvgIpc) is 2.63. The molecule has 5 nitrogen and oxygen atoms in total. The number of methoxy groups -OCH3 is 1. The predicted molar refractivity (Wildman–Crippen MR) is 101 cm³/mol. The minimum absolute atomic E-state index is 0. The minimum Gasteiger partial charge on any atom is -0.495 e. The second kappa shape index (κ2) is 8.38. The summed E-state index contributed by atoms with van der Waals surface area (Å²) in [6, 6.07) is 11.2. The number of benzene rings is 2. The van der Waals surface area contributed by atoms with Crippen LogP contribution in [-0.4, -0.2) is 26.2 Å². The number of nitrogens with two attached hydrogens (primary N) is 1. The molecule has 140 valence electrons. The number of hydrogen-bond donors (Lipinski definition) is 2. The highest BCUT2D eigenvalue weighted by Gasteiger charge is 2.41. The van der Waals surface area contributed by atoms with E-state index in [9.17, 15) is 9.18 Å². The number of ether oxygens (including phenoxy) is 2. The van der Waals surface area contributed by atoms with Gasteiger partial charge in [0.2, 0.25) is 5.91 Å². The molecule has 2 aromatic rings. The lowest BCUT2D eigenvalue weighted by Gasteiger charge is -2.36. The SMILES string of the molecule is COc1ccc(NC(=O)C2(c3ccc(F)cc3)CCOCC2)cc1N.Cl. The molecule has 2 aromatic carbocycles. The van der Waals surface area contributed by atoms with Crippen LogP contribution >= 0.6 is 12.4 Å². The van der Waals surface area contributed by atoms with Crippen LogP contribution in [0.1, 0.15) is 18.4 Å². The Balaban J connectivity index is 0.00000243. The number of anilines is 2. The second-order valence-corrected chi connectivity index (χ2v) is 6.11. The van der Waals surface area contributed by atoms with E-state index in [2.05, 4.69) is 5.32 Å². The van der Waals surface area contributed by atoms with Crippen molar-refractivity contribution in [2.24, 2.45) is 0 Å². The summed E-state index contributed by atoms with van der Waals surface area (Å²) in [4.78, 5) is 13.1. The van der Waals surface area contributed by atoms with E-state index in [0.717, 1.165) is 5.56 Å². The van der Waals surface area contributed by atoms with Crippen LogP contribution in [0.25, 0.3) is 0 Å². The minimum atomic E-state index is -0.749. The predicted octanol–water partition coefficient (Wildman–Crippen LogP) is 3.53. The molecule has 0 unspecified atom stereocenters. The molecule has 0 spiro atoms. The van der Waals surface area contributed by atoms with Crippen LogP contribution in [0.2, 0.25) is 0 Å². The molecule has 0 aromatic heterocycles. The lowest BCUT2D eigenvalue weighted by Crippen LogP contribution is -2.44. The van der Waals surface area contributed by atoms with E-state index in [0.29, 0.717) is 43.2 Å². The van der Waals surface area contributed by atoms with E-state index in [1.807, 2.05) is 0 Å². The van der Waals surface area contributed by atoms with Crippen molar-refractivity contribution in [1.82, 2.24) is 0 Å². The van der Waals surface area contributed by atoms with Crippen molar-refractivity contribution < 1.29 is 18.7 Å². The molecule has 0 aliphatic carbocycles. The molecular weight excluding hydrogens is 359 g/mol. The first-order valence-electron chi connectivity index (χ1n) is 8.14. The third kappa shape index (κ3) is 3.92. The number of hydrogen-bond acceptors (Lipinski definition) is 4. The van der Waals surface area contributed by atoms with Crippen molar-refractivity contribution in [3.05, 3.63) is 53.8 Å². The lowest BCUT2D eigenvalue weighted by molar-refractivity contribution is -0.125. The van der Waals surface area contributed by atoms with Crippen LogP contribution in [0.15, 0.2) is 42.5 Å². The van der Waals surface area contributed by atoms with Gasteiger partial charge in [0.25, 0.3) is 0 Å². The van der Waals surface area contributed by atoms with Crippen molar-refractivity contribution in [2.75, 3.05) is 31.4 Å². The number of nitrogen functional groups attached to an aromatic ring is 1. The van der Waals surface area contributed by atoms with E-state index in [-0.39, 0.29) is 24.1 Å². The molecule has 0 atom stereocenters. The molecule has 26 heavy (non-hydrogen) atoms. The van der Waals surface area contributed by atoms with E-state index in [1.165, 1.54) is 19.2 Å². The Labute approximate surface area is 158 Å². The maximum absolute atomic E-state index is 13.3. The van der Waals surface area contributed by atoms with Gasteiger partial charge in [0.15, 0.2) is 0 Å². The molecule has 1 saturated heterocycles. The molecule has 3 N–H and O–H groups in total. The molecule has 3 rings (SSSR count). The standard InChI is InChI=1S/C19H21FN2O3.ClH/c1-24-17-7-6-15(12-16(17)21)22-18(23)19(8-10-25-11-9-19)13-2-4-14(20)5-3-13;/h2-7,12H,8-11,21H2,1H3,(H,22,23);1H. The van der Waals surface area contributed by atoms with Gasteiger partial charge < -0.3 is 20.5 Å². The summed E-state index contributed by atoms with van der Waals surface area (Å²) in [5.41, 5.74) is 6.99. The smallest absolute Gasteiger partial charge is 0.235 e. The maximum Gasteiger partial charge on any atom is 0.235 e. The molecular formula is C19H22ClFN2O3. The molecule has 0 saturated carbocycles. The maximum atomic E-state index is 13.3. The summed E-state index contributed by atoms with van der Waals surface area (Å²) in [5, 5.41) is 2.93. The molecule has 1 fully saturated rings. The highest BCUT2D eigenvalue weighted by molar-refractivity contribution is 5.99. The van der Waals surface area contributed by atoms with Gasteiger partial charge in [-0.3, -0.25) is 4.79 Å². The number of rotatable bonds is 4. The van der Waals surface area contributed by atoms with E-state index < -0.39 is 5.41 Å². The van der Waals surface area contributed by atoms with Crippen LogP contribution < -0.4 is 15.8 Å². The normalized spacial score (nSPS) is 15.6. The summed E-state index contributed by atoms with van der Waals surface area (Å²) in [6.07, 6.45) is 1.08. The summed E-state index contributed by atoms with van der Waals surface area (Å²) >= 11 is 0. The highest BCUT2D eigenvalue weighted by atomic mass is 35.5. The van der Waals surface area contributed by atoms with Crippen molar-refractivity contribution in [1.29, 1.82) is 0 Å². The van der Waals surface area contributed by atoms with Crippen LogP contribution in [0.5, 0.6) is 5.75 Å². The largest absolute Gasteiger partial charge is 0.495 e. The fourth-order valence-electron chi connectivity index (χ4n) is 3.20. The lowest BCUT2D eigenvalue weighted by atomic mass is 9.73. The zero-order chi connectivity index (χ0) is 17.9. The Morgan fingerprint density at radius 2 is 1.85 bits per heavy atom. The first-order chi connectivity index (χ1) is 12.0. The summed E-state index contributed by atoms with van der Waals surface area (Å²) < 4.78 is 23.9. The van der Waals surface area contributed by atoms with Crippen molar-refractivity contribution >= 4 is 29.7 Å². The van der Waals surface area contributed by atoms with Gasteiger partial charge >= 0.3 is 0 Å².